The van der Waals surface area contributed by atoms with Crippen molar-refractivity contribution in [2.24, 2.45) is 0 Å². The topological polar surface area (TPSA) is 61.8 Å². The number of nitrogens with zero attached hydrogens (tertiary/aromatic N) is 1. The van der Waals surface area contributed by atoms with Gasteiger partial charge in [0.25, 0.3) is 5.91 Å². The van der Waals surface area contributed by atoms with Gasteiger partial charge in [0.2, 0.25) is 0 Å². The van der Waals surface area contributed by atoms with Crippen LogP contribution < -0.4 is 10.2 Å². The number of benzene rings is 3. The lowest BCUT2D eigenvalue weighted by Crippen LogP contribution is -2.36. The largest absolute Gasteiger partial charge is 0.507 e. The maximum absolute atomic E-state index is 13.2. The minimum atomic E-state index is -0.395. The lowest BCUT2D eigenvalue weighted by Gasteiger charge is -2.29. The van der Waals surface area contributed by atoms with Crippen LogP contribution in [-0.2, 0) is 4.74 Å². The fourth-order valence-electron chi connectivity index (χ4n) is 3.34. The summed E-state index contributed by atoms with van der Waals surface area (Å²) in [6, 6.07) is 18.5. The van der Waals surface area contributed by atoms with Gasteiger partial charge in [0, 0.05) is 24.5 Å². The zero-order valence-corrected chi connectivity index (χ0v) is 15.8. The predicted molar refractivity (Wildman–Crippen MR) is 111 cm³/mol. The Balaban J connectivity index is 1.55. The summed E-state index contributed by atoms with van der Waals surface area (Å²) in [7, 11) is 0. The maximum Gasteiger partial charge on any atom is 0.259 e. The Bertz CT molecular complexity index is 1010. The molecule has 3 aromatic carbocycles. The summed E-state index contributed by atoms with van der Waals surface area (Å²) in [6.45, 7) is 2.76. The molecule has 1 aliphatic rings. The van der Waals surface area contributed by atoms with Crippen molar-refractivity contribution in [1.29, 1.82) is 0 Å². The van der Waals surface area contributed by atoms with E-state index in [2.05, 4.69) is 10.2 Å². The lowest BCUT2D eigenvalue weighted by atomic mass is 10.0. The molecule has 1 aliphatic heterocycles. The van der Waals surface area contributed by atoms with Crippen LogP contribution in [0.2, 0.25) is 0 Å². The van der Waals surface area contributed by atoms with Gasteiger partial charge in [-0.1, -0.05) is 24.3 Å². The molecule has 4 rings (SSSR count). The third-order valence-electron chi connectivity index (χ3n) is 4.90. The van der Waals surface area contributed by atoms with Crippen molar-refractivity contribution in [3.05, 3.63) is 78.1 Å². The molecule has 0 aromatic heterocycles. The van der Waals surface area contributed by atoms with Gasteiger partial charge in [-0.05, 0) is 53.6 Å². The third kappa shape index (κ3) is 4.38. The van der Waals surface area contributed by atoms with Gasteiger partial charge < -0.3 is 20.1 Å². The van der Waals surface area contributed by atoms with Crippen LogP contribution in [0.3, 0.4) is 0 Å². The predicted octanol–water partition coefficient (Wildman–Crippen LogP) is 4.29. The van der Waals surface area contributed by atoms with E-state index in [1.165, 1.54) is 18.2 Å². The van der Waals surface area contributed by atoms with Crippen molar-refractivity contribution in [2.75, 3.05) is 36.5 Å². The van der Waals surface area contributed by atoms with Crippen LogP contribution >= 0.6 is 0 Å². The number of aromatic hydroxyl groups is 1. The molecule has 0 atom stereocenters. The van der Waals surface area contributed by atoms with Gasteiger partial charge >= 0.3 is 0 Å². The van der Waals surface area contributed by atoms with Crippen LogP contribution in [0.15, 0.2) is 66.7 Å². The van der Waals surface area contributed by atoms with Crippen molar-refractivity contribution in [1.82, 2.24) is 0 Å². The van der Waals surface area contributed by atoms with Crippen LogP contribution in [0, 0.1) is 5.82 Å². The van der Waals surface area contributed by atoms with E-state index in [1.54, 1.807) is 30.3 Å². The normalized spacial score (nSPS) is 13.9. The molecule has 0 saturated carbocycles. The van der Waals surface area contributed by atoms with Crippen molar-refractivity contribution < 1.29 is 19.0 Å². The van der Waals surface area contributed by atoms with E-state index in [-0.39, 0.29) is 17.1 Å². The molecular weight excluding hydrogens is 371 g/mol. The van der Waals surface area contributed by atoms with Gasteiger partial charge in [0.15, 0.2) is 0 Å². The van der Waals surface area contributed by atoms with Crippen LogP contribution in [0.4, 0.5) is 15.8 Å². The van der Waals surface area contributed by atoms with Crippen LogP contribution in [-0.4, -0.2) is 37.3 Å². The Morgan fingerprint density at radius 1 is 0.966 bits per heavy atom. The highest BCUT2D eigenvalue weighted by molar-refractivity contribution is 6.07. The van der Waals surface area contributed by atoms with Crippen molar-refractivity contribution in [3.8, 4) is 16.9 Å². The van der Waals surface area contributed by atoms with E-state index in [0.717, 1.165) is 29.9 Å². The SMILES string of the molecule is O=C(Nc1cccc(-c2ccc(F)cc2)c1)c1cc(N2CCOCC2)ccc1O. The highest BCUT2D eigenvalue weighted by Gasteiger charge is 2.17. The van der Waals surface area contributed by atoms with E-state index in [4.69, 9.17) is 4.74 Å². The average molecular weight is 392 g/mol. The molecule has 148 valence electrons. The summed E-state index contributed by atoms with van der Waals surface area (Å²) < 4.78 is 18.5. The van der Waals surface area contributed by atoms with Gasteiger partial charge in [-0.3, -0.25) is 4.79 Å². The maximum atomic E-state index is 13.2. The standard InChI is InChI=1S/C23H21FN2O3/c24-18-6-4-16(5-7-18)17-2-1-3-19(14-17)25-23(28)21-15-20(8-9-22(21)27)26-10-12-29-13-11-26/h1-9,14-15,27H,10-13H2,(H,25,28). The second-order valence-electron chi connectivity index (χ2n) is 6.84. The van der Waals surface area contributed by atoms with Crippen molar-refractivity contribution in [2.45, 2.75) is 0 Å². The molecule has 0 spiro atoms. The molecule has 6 heteroatoms. The summed E-state index contributed by atoms with van der Waals surface area (Å²) in [5.41, 5.74) is 3.37. The Morgan fingerprint density at radius 3 is 2.48 bits per heavy atom. The highest BCUT2D eigenvalue weighted by Crippen LogP contribution is 2.27. The molecule has 0 unspecified atom stereocenters. The molecule has 3 aromatic rings. The summed E-state index contributed by atoms with van der Waals surface area (Å²) in [5.74, 6) is -0.767. The number of hydrogen-bond donors (Lipinski definition) is 2. The Labute approximate surface area is 168 Å². The number of hydrogen-bond acceptors (Lipinski definition) is 4. The molecule has 0 radical (unpaired) electrons. The van der Waals surface area contributed by atoms with E-state index in [9.17, 15) is 14.3 Å². The summed E-state index contributed by atoms with van der Waals surface area (Å²) in [4.78, 5) is 14.9. The Morgan fingerprint density at radius 2 is 1.72 bits per heavy atom. The molecule has 1 amide bonds. The first-order valence-electron chi connectivity index (χ1n) is 9.43. The van der Waals surface area contributed by atoms with Crippen LogP contribution in [0.1, 0.15) is 10.4 Å². The van der Waals surface area contributed by atoms with E-state index in [0.29, 0.717) is 18.9 Å². The fraction of sp³-hybridized carbons (Fsp3) is 0.174. The van der Waals surface area contributed by atoms with Crippen LogP contribution in [0.5, 0.6) is 5.75 Å². The molecule has 0 aliphatic carbocycles. The number of phenolic OH excluding ortho intramolecular Hbond substituents is 1. The number of rotatable bonds is 4. The van der Waals surface area contributed by atoms with Gasteiger partial charge in [-0.25, -0.2) is 4.39 Å². The molecule has 1 heterocycles. The monoisotopic (exact) mass is 392 g/mol. The van der Waals surface area contributed by atoms with Gasteiger partial charge in [-0.15, -0.1) is 0 Å². The molecule has 5 nitrogen and oxygen atoms in total. The van der Waals surface area contributed by atoms with Gasteiger partial charge in [0.05, 0.1) is 18.8 Å². The van der Waals surface area contributed by atoms with Crippen molar-refractivity contribution >= 4 is 17.3 Å². The number of carbonyl (C=O) groups is 1. The smallest absolute Gasteiger partial charge is 0.259 e. The molecule has 1 saturated heterocycles. The molecule has 29 heavy (non-hydrogen) atoms. The second-order valence-corrected chi connectivity index (χ2v) is 6.84. The number of ether oxygens (including phenoxy) is 1. The first-order chi connectivity index (χ1) is 14.1. The summed E-state index contributed by atoms with van der Waals surface area (Å²) >= 11 is 0. The first kappa shape index (κ1) is 19.0. The summed E-state index contributed by atoms with van der Waals surface area (Å²) in [6.07, 6.45) is 0. The Hall–Kier alpha value is -3.38. The quantitative estimate of drug-likeness (QED) is 0.696. The molecular formula is C23H21FN2O3. The first-order valence-corrected chi connectivity index (χ1v) is 9.43. The van der Waals surface area contributed by atoms with Gasteiger partial charge in [-0.2, -0.15) is 0 Å². The molecule has 0 bridgehead atoms. The lowest BCUT2D eigenvalue weighted by molar-refractivity contribution is 0.102. The zero-order chi connectivity index (χ0) is 20.2. The van der Waals surface area contributed by atoms with Gasteiger partial charge in [0.1, 0.15) is 11.6 Å². The minimum Gasteiger partial charge on any atom is -0.507 e. The van der Waals surface area contributed by atoms with E-state index in [1.807, 2.05) is 18.2 Å². The number of amides is 1. The van der Waals surface area contributed by atoms with Crippen LogP contribution in [0.25, 0.3) is 11.1 Å². The number of carbonyl (C=O) groups excluding carboxylic acids is 1. The fourth-order valence-corrected chi connectivity index (χ4v) is 3.34. The minimum absolute atomic E-state index is 0.0748. The number of halogens is 1. The third-order valence-corrected chi connectivity index (χ3v) is 4.90. The molecule has 1 fully saturated rings. The number of nitrogens with one attached hydrogen (secondary N) is 1. The number of phenols is 1. The number of morpholine rings is 1. The molecule has 2 N–H and O–H groups in total. The summed E-state index contributed by atoms with van der Waals surface area (Å²) in [5, 5.41) is 13.0. The zero-order valence-electron chi connectivity index (χ0n) is 15.8. The average Bonchev–Trinajstić information content (AvgIpc) is 2.75. The second kappa shape index (κ2) is 8.32. The van der Waals surface area contributed by atoms with E-state index < -0.39 is 5.91 Å². The Kier molecular flexibility index (Phi) is 5.44. The van der Waals surface area contributed by atoms with E-state index >= 15 is 0 Å². The highest BCUT2D eigenvalue weighted by atomic mass is 19.1. The number of anilines is 2. The van der Waals surface area contributed by atoms with Crippen molar-refractivity contribution in [3.63, 3.8) is 0 Å².